The first-order chi connectivity index (χ1) is 15.6. The molecule has 0 saturated heterocycles. The first-order valence-electron chi connectivity index (χ1n) is 9.74. The molecule has 3 heterocycles. The number of rotatable bonds is 6. The Balaban J connectivity index is 1.47. The quantitative estimate of drug-likeness (QED) is 0.442. The van der Waals surface area contributed by atoms with Gasteiger partial charge in [0.2, 0.25) is 0 Å². The van der Waals surface area contributed by atoms with Crippen LogP contribution in [0.2, 0.25) is 0 Å². The lowest BCUT2D eigenvalue weighted by atomic mass is 10.2. The minimum atomic E-state index is -3.78. The summed E-state index contributed by atoms with van der Waals surface area (Å²) in [6.45, 7) is 0.993. The summed E-state index contributed by atoms with van der Waals surface area (Å²) in [7, 11) is -3.78. The molecule has 0 bridgehead atoms. The minimum absolute atomic E-state index is 0.106. The van der Waals surface area contributed by atoms with E-state index in [1.807, 2.05) is 24.3 Å². The van der Waals surface area contributed by atoms with Crippen molar-refractivity contribution in [2.75, 3.05) is 22.8 Å². The van der Waals surface area contributed by atoms with Gasteiger partial charge in [0.15, 0.2) is 10.9 Å². The van der Waals surface area contributed by atoms with Gasteiger partial charge in [-0.1, -0.05) is 12.1 Å². The van der Waals surface area contributed by atoms with Crippen LogP contribution in [0.1, 0.15) is 0 Å². The molecule has 1 aliphatic heterocycles. The molecule has 8 nitrogen and oxygen atoms in total. The van der Waals surface area contributed by atoms with E-state index in [0.717, 1.165) is 11.4 Å². The van der Waals surface area contributed by atoms with Crippen LogP contribution >= 0.6 is 11.3 Å². The zero-order chi connectivity index (χ0) is 22.0. The summed E-state index contributed by atoms with van der Waals surface area (Å²) in [6.07, 6.45) is 4.88. The molecule has 0 unspecified atom stereocenters. The van der Waals surface area contributed by atoms with Crippen LogP contribution in [0.4, 0.5) is 16.5 Å². The number of thiazole rings is 1. The van der Waals surface area contributed by atoms with Crippen molar-refractivity contribution in [1.82, 2.24) is 9.97 Å². The molecule has 0 atom stereocenters. The van der Waals surface area contributed by atoms with Gasteiger partial charge >= 0.3 is 0 Å². The molecule has 0 fully saturated rings. The van der Waals surface area contributed by atoms with E-state index < -0.39 is 10.0 Å². The lowest BCUT2D eigenvalue weighted by Crippen LogP contribution is -2.29. The van der Waals surface area contributed by atoms with Gasteiger partial charge < -0.3 is 14.4 Å². The Labute approximate surface area is 189 Å². The van der Waals surface area contributed by atoms with Crippen molar-refractivity contribution in [3.8, 4) is 17.2 Å². The molecule has 32 heavy (non-hydrogen) atoms. The second kappa shape index (κ2) is 8.48. The van der Waals surface area contributed by atoms with Gasteiger partial charge in [-0.25, -0.2) is 13.4 Å². The number of hydrogen-bond donors (Lipinski definition) is 1. The van der Waals surface area contributed by atoms with E-state index in [4.69, 9.17) is 9.47 Å². The molecule has 2 aromatic heterocycles. The topological polar surface area (TPSA) is 93.7 Å². The molecule has 0 spiro atoms. The number of anilines is 3. The Morgan fingerprint density at radius 1 is 1.03 bits per heavy atom. The van der Waals surface area contributed by atoms with Gasteiger partial charge in [0.05, 0.1) is 22.8 Å². The Hall–Kier alpha value is -3.63. The van der Waals surface area contributed by atoms with Gasteiger partial charge in [0, 0.05) is 30.0 Å². The third kappa shape index (κ3) is 4.10. The third-order valence-electron chi connectivity index (χ3n) is 4.79. The Morgan fingerprint density at radius 2 is 1.88 bits per heavy atom. The molecule has 2 aromatic carbocycles. The van der Waals surface area contributed by atoms with Crippen LogP contribution in [0.5, 0.6) is 17.2 Å². The van der Waals surface area contributed by atoms with Gasteiger partial charge in [-0.05, 0) is 36.4 Å². The molecule has 1 N–H and O–H groups in total. The van der Waals surface area contributed by atoms with Crippen molar-refractivity contribution in [2.45, 2.75) is 4.90 Å². The number of aromatic nitrogens is 2. The van der Waals surface area contributed by atoms with Crippen LogP contribution in [0.3, 0.4) is 0 Å². The van der Waals surface area contributed by atoms with E-state index in [1.165, 1.54) is 17.4 Å². The molecular formula is C22H18N4O4S2. The summed E-state index contributed by atoms with van der Waals surface area (Å²) in [5.74, 6) is 1.83. The summed E-state index contributed by atoms with van der Waals surface area (Å²) >= 11 is 1.21. The van der Waals surface area contributed by atoms with Crippen molar-refractivity contribution in [1.29, 1.82) is 0 Å². The number of sulfonamides is 1. The van der Waals surface area contributed by atoms with Crippen LogP contribution in [0, 0.1) is 0 Å². The largest absolute Gasteiger partial charge is 0.489 e. The zero-order valence-corrected chi connectivity index (χ0v) is 18.3. The number of fused-ring (bicyclic) bond motifs is 1. The molecule has 5 rings (SSSR count). The van der Waals surface area contributed by atoms with Crippen LogP contribution in [-0.2, 0) is 10.0 Å². The van der Waals surface area contributed by atoms with Crippen LogP contribution in [0.25, 0.3) is 0 Å². The lowest BCUT2D eigenvalue weighted by molar-refractivity contribution is 0.312. The highest BCUT2D eigenvalue weighted by Gasteiger charge is 2.25. The van der Waals surface area contributed by atoms with Gasteiger partial charge in [-0.2, -0.15) is 0 Å². The van der Waals surface area contributed by atoms with E-state index in [9.17, 15) is 8.42 Å². The fourth-order valence-corrected chi connectivity index (χ4v) is 5.17. The maximum absolute atomic E-state index is 12.8. The number of ether oxygens (including phenoxy) is 2. The summed E-state index contributed by atoms with van der Waals surface area (Å²) in [5, 5.41) is 2.02. The molecule has 0 aliphatic carbocycles. The molecule has 162 valence electrons. The lowest BCUT2D eigenvalue weighted by Gasteiger charge is -2.32. The monoisotopic (exact) mass is 466 g/mol. The second-order valence-corrected chi connectivity index (χ2v) is 9.40. The zero-order valence-electron chi connectivity index (χ0n) is 16.7. The van der Waals surface area contributed by atoms with E-state index in [2.05, 4.69) is 19.6 Å². The normalized spacial score (nSPS) is 13.2. The van der Waals surface area contributed by atoms with E-state index in [-0.39, 0.29) is 4.90 Å². The number of nitrogens with one attached hydrogen (secondary N) is 1. The molecule has 0 amide bonds. The van der Waals surface area contributed by atoms with E-state index >= 15 is 0 Å². The average molecular weight is 467 g/mol. The van der Waals surface area contributed by atoms with Crippen molar-refractivity contribution < 1.29 is 17.9 Å². The highest BCUT2D eigenvalue weighted by atomic mass is 32.2. The highest BCUT2D eigenvalue weighted by molar-refractivity contribution is 7.93. The standard InChI is InChI=1S/C22H18N4O4S2/c27-32(28,25-22-24-11-14-31-22)17-5-6-19-21(15-17)29-13-12-26(19)18-3-1-2-4-20(18)30-16-7-9-23-10-8-16/h1-11,14-15H,12-13H2,(H,24,25). The molecule has 1 aliphatic rings. The summed E-state index contributed by atoms with van der Waals surface area (Å²) in [6, 6.07) is 16.1. The van der Waals surface area contributed by atoms with Gasteiger partial charge in [0.1, 0.15) is 18.1 Å². The number of para-hydroxylation sites is 2. The SMILES string of the molecule is O=S(=O)(Nc1nccs1)c1ccc2c(c1)OCCN2c1ccccc1Oc1ccncc1. The van der Waals surface area contributed by atoms with Crippen molar-refractivity contribution in [3.63, 3.8) is 0 Å². The van der Waals surface area contributed by atoms with Crippen molar-refractivity contribution >= 4 is 37.9 Å². The molecule has 0 radical (unpaired) electrons. The molecular weight excluding hydrogens is 448 g/mol. The highest BCUT2D eigenvalue weighted by Crippen LogP contribution is 2.42. The average Bonchev–Trinajstić information content (AvgIpc) is 3.32. The summed E-state index contributed by atoms with van der Waals surface area (Å²) in [5.41, 5.74) is 1.61. The van der Waals surface area contributed by atoms with Crippen molar-refractivity contribution in [2.24, 2.45) is 0 Å². The maximum atomic E-state index is 12.8. The molecule has 10 heteroatoms. The number of hydrogen-bond acceptors (Lipinski definition) is 8. The predicted molar refractivity (Wildman–Crippen MR) is 123 cm³/mol. The van der Waals surface area contributed by atoms with Gasteiger partial charge in [-0.15, -0.1) is 11.3 Å². The first kappa shape index (κ1) is 20.3. The Kier molecular flexibility index (Phi) is 5.38. The summed E-state index contributed by atoms with van der Waals surface area (Å²) < 4.78 is 39.9. The molecule has 0 saturated carbocycles. The maximum Gasteiger partial charge on any atom is 0.263 e. The summed E-state index contributed by atoms with van der Waals surface area (Å²) in [4.78, 5) is 10.2. The minimum Gasteiger partial charge on any atom is -0.489 e. The van der Waals surface area contributed by atoms with Gasteiger partial charge in [0.25, 0.3) is 10.0 Å². The van der Waals surface area contributed by atoms with Crippen LogP contribution in [-0.4, -0.2) is 31.5 Å². The number of pyridine rings is 1. The number of nitrogens with zero attached hydrogens (tertiary/aromatic N) is 3. The van der Waals surface area contributed by atoms with Crippen LogP contribution in [0.15, 0.2) is 83.5 Å². The second-order valence-electron chi connectivity index (χ2n) is 6.83. The smallest absolute Gasteiger partial charge is 0.263 e. The molecule has 4 aromatic rings. The Morgan fingerprint density at radius 3 is 2.69 bits per heavy atom. The third-order valence-corrected chi connectivity index (χ3v) is 6.95. The fourth-order valence-electron chi connectivity index (χ4n) is 3.37. The fraction of sp³-hybridized carbons (Fsp3) is 0.0909. The van der Waals surface area contributed by atoms with Gasteiger partial charge in [-0.3, -0.25) is 9.71 Å². The van der Waals surface area contributed by atoms with E-state index in [0.29, 0.717) is 35.5 Å². The first-order valence-corrected chi connectivity index (χ1v) is 12.1. The number of benzene rings is 2. The van der Waals surface area contributed by atoms with E-state index in [1.54, 1.807) is 48.2 Å². The van der Waals surface area contributed by atoms with Crippen molar-refractivity contribution in [3.05, 3.63) is 78.6 Å². The predicted octanol–water partition coefficient (Wildman–Crippen LogP) is 4.66. The Bertz CT molecular complexity index is 1330. The van der Waals surface area contributed by atoms with Crippen LogP contribution < -0.4 is 19.1 Å².